The third kappa shape index (κ3) is 4.48. The zero-order valence-corrected chi connectivity index (χ0v) is 16.3. The minimum absolute atomic E-state index is 0.170. The molecule has 0 unspecified atom stereocenters. The van der Waals surface area contributed by atoms with Gasteiger partial charge in [0.2, 0.25) is 0 Å². The molecule has 148 valence electrons. The van der Waals surface area contributed by atoms with Crippen LogP contribution in [0.15, 0.2) is 55.0 Å². The monoisotopic (exact) mass is 383 g/mol. The summed E-state index contributed by atoms with van der Waals surface area (Å²) >= 11 is 0. The Labute approximate surface area is 164 Å². The van der Waals surface area contributed by atoms with Crippen LogP contribution in [0.4, 0.5) is 4.39 Å². The van der Waals surface area contributed by atoms with Crippen molar-refractivity contribution in [3.8, 4) is 11.5 Å². The summed E-state index contributed by atoms with van der Waals surface area (Å²) < 4.78 is 16.8. The van der Waals surface area contributed by atoms with Crippen molar-refractivity contribution in [1.29, 1.82) is 0 Å². The fourth-order valence-corrected chi connectivity index (χ4v) is 3.14. The van der Waals surface area contributed by atoms with E-state index in [1.807, 2.05) is 29.1 Å². The fourth-order valence-electron chi connectivity index (χ4n) is 3.14. The Kier molecular flexibility index (Phi) is 6.60. The van der Waals surface area contributed by atoms with Gasteiger partial charge in [-0.2, -0.15) is 5.10 Å². The average Bonchev–Trinajstić information content (AvgIpc) is 3.38. The number of carbonyl (C=O) groups is 1. The first kappa shape index (κ1) is 19.8. The van der Waals surface area contributed by atoms with Crippen molar-refractivity contribution in [2.45, 2.75) is 20.3 Å². The fraction of sp³-hybridized carbons (Fsp3) is 0.333. The maximum Gasteiger partial charge on any atom is 0.256 e. The van der Waals surface area contributed by atoms with Gasteiger partial charge >= 0.3 is 0 Å². The molecule has 1 N–H and O–H groups in total. The van der Waals surface area contributed by atoms with E-state index in [0.29, 0.717) is 23.6 Å². The van der Waals surface area contributed by atoms with Crippen LogP contribution in [-0.4, -0.2) is 51.3 Å². The van der Waals surface area contributed by atoms with Gasteiger partial charge in [-0.1, -0.05) is 13.8 Å². The van der Waals surface area contributed by atoms with E-state index in [1.54, 1.807) is 23.0 Å². The van der Waals surface area contributed by atoms with E-state index in [-0.39, 0.29) is 11.7 Å². The van der Waals surface area contributed by atoms with Gasteiger partial charge in [-0.25, -0.2) is 9.07 Å². The predicted octanol–water partition coefficient (Wildman–Crippen LogP) is 3.26. The van der Waals surface area contributed by atoms with Crippen LogP contribution in [0.1, 0.15) is 30.6 Å². The molecule has 0 aliphatic carbocycles. The highest BCUT2D eigenvalue weighted by molar-refractivity contribution is 5.97. The molecular weight excluding hydrogens is 357 g/mol. The lowest BCUT2D eigenvalue weighted by Gasteiger charge is -2.17. The van der Waals surface area contributed by atoms with Gasteiger partial charge < -0.3 is 14.8 Å². The first-order chi connectivity index (χ1) is 13.6. The summed E-state index contributed by atoms with van der Waals surface area (Å²) in [6, 6.07) is 9.80. The molecule has 0 bridgehead atoms. The molecule has 0 atom stereocenters. The molecule has 28 heavy (non-hydrogen) atoms. The van der Waals surface area contributed by atoms with Crippen molar-refractivity contribution in [1.82, 2.24) is 24.6 Å². The number of aromatic nitrogens is 3. The Bertz CT molecular complexity index is 882. The van der Waals surface area contributed by atoms with Crippen LogP contribution in [0, 0.1) is 5.82 Å². The third-order valence-electron chi connectivity index (χ3n) is 4.74. The van der Waals surface area contributed by atoms with Crippen LogP contribution >= 0.6 is 0 Å². The van der Waals surface area contributed by atoms with Gasteiger partial charge in [0.1, 0.15) is 11.4 Å². The van der Waals surface area contributed by atoms with Gasteiger partial charge in [0.15, 0.2) is 5.82 Å². The molecule has 2 heterocycles. The van der Waals surface area contributed by atoms with Crippen LogP contribution in [-0.2, 0) is 0 Å². The molecule has 0 spiro atoms. The van der Waals surface area contributed by atoms with Crippen molar-refractivity contribution in [3.05, 3.63) is 66.4 Å². The van der Waals surface area contributed by atoms with Gasteiger partial charge in [-0.3, -0.25) is 4.79 Å². The number of nitrogens with one attached hydrogen (secondary N) is 1. The molecular formula is C21H26FN5O. The number of amides is 1. The highest BCUT2D eigenvalue weighted by Gasteiger charge is 2.19. The van der Waals surface area contributed by atoms with E-state index < -0.39 is 0 Å². The molecule has 0 saturated heterocycles. The molecule has 0 aliphatic rings. The highest BCUT2D eigenvalue weighted by atomic mass is 19.1. The highest BCUT2D eigenvalue weighted by Crippen LogP contribution is 2.20. The first-order valence-electron chi connectivity index (χ1n) is 9.62. The van der Waals surface area contributed by atoms with Crippen molar-refractivity contribution >= 4 is 5.91 Å². The molecule has 0 aliphatic heterocycles. The second-order valence-electron chi connectivity index (χ2n) is 6.50. The quantitative estimate of drug-likeness (QED) is 0.577. The van der Waals surface area contributed by atoms with Crippen LogP contribution in [0.25, 0.3) is 11.5 Å². The lowest BCUT2D eigenvalue weighted by molar-refractivity contribution is 0.0952. The zero-order valence-electron chi connectivity index (χ0n) is 16.3. The SMILES string of the molecule is CCN(CC)CCCNC(=O)c1cnn(-c2ccc(F)cc2)c1-n1cccc1. The number of rotatable bonds is 9. The van der Waals surface area contributed by atoms with Crippen LogP contribution in [0.5, 0.6) is 0 Å². The van der Waals surface area contributed by atoms with E-state index in [1.165, 1.54) is 12.1 Å². The largest absolute Gasteiger partial charge is 0.352 e. The molecule has 1 amide bonds. The van der Waals surface area contributed by atoms with Crippen LogP contribution in [0.3, 0.4) is 0 Å². The van der Waals surface area contributed by atoms with Crippen molar-refractivity contribution in [2.75, 3.05) is 26.2 Å². The summed E-state index contributed by atoms with van der Waals surface area (Å²) in [6.45, 7) is 7.83. The van der Waals surface area contributed by atoms with Crippen molar-refractivity contribution in [3.63, 3.8) is 0 Å². The normalized spacial score (nSPS) is 11.1. The van der Waals surface area contributed by atoms with E-state index in [9.17, 15) is 9.18 Å². The number of carbonyl (C=O) groups excluding carboxylic acids is 1. The summed E-state index contributed by atoms with van der Waals surface area (Å²) in [4.78, 5) is 15.1. The second kappa shape index (κ2) is 9.32. The van der Waals surface area contributed by atoms with Gasteiger partial charge in [0.25, 0.3) is 5.91 Å². The number of benzene rings is 1. The molecule has 7 heteroatoms. The van der Waals surface area contributed by atoms with Gasteiger partial charge in [-0.15, -0.1) is 0 Å². The summed E-state index contributed by atoms with van der Waals surface area (Å²) in [5.41, 5.74) is 1.16. The summed E-state index contributed by atoms with van der Waals surface area (Å²) in [5, 5.41) is 7.37. The Hall–Kier alpha value is -2.93. The van der Waals surface area contributed by atoms with Crippen LogP contribution < -0.4 is 5.32 Å². The van der Waals surface area contributed by atoms with E-state index in [2.05, 4.69) is 29.2 Å². The lowest BCUT2D eigenvalue weighted by atomic mass is 10.2. The number of hydrogen-bond donors (Lipinski definition) is 1. The van der Waals surface area contributed by atoms with Gasteiger partial charge in [-0.05, 0) is 62.5 Å². The van der Waals surface area contributed by atoms with Gasteiger partial charge in [0.05, 0.1) is 11.9 Å². The van der Waals surface area contributed by atoms with Gasteiger partial charge in [0, 0.05) is 18.9 Å². The molecule has 2 aromatic heterocycles. The van der Waals surface area contributed by atoms with Crippen LogP contribution in [0.2, 0.25) is 0 Å². The topological polar surface area (TPSA) is 55.1 Å². The molecule has 6 nitrogen and oxygen atoms in total. The molecule has 3 rings (SSSR count). The standard InChI is InChI=1S/C21H26FN5O/c1-3-25(4-2)13-7-12-23-20(28)19-16-24-27(18-10-8-17(22)9-11-18)21(19)26-14-5-6-15-26/h5-6,8-11,14-16H,3-4,7,12-13H2,1-2H3,(H,23,28). The molecule has 0 fully saturated rings. The summed E-state index contributed by atoms with van der Waals surface area (Å²) in [6.07, 6.45) is 6.15. The van der Waals surface area contributed by atoms with E-state index >= 15 is 0 Å². The average molecular weight is 383 g/mol. The Morgan fingerprint density at radius 3 is 2.46 bits per heavy atom. The number of hydrogen-bond acceptors (Lipinski definition) is 3. The maximum atomic E-state index is 13.3. The van der Waals surface area contributed by atoms with E-state index in [0.717, 1.165) is 26.1 Å². The minimum atomic E-state index is -0.315. The summed E-state index contributed by atoms with van der Waals surface area (Å²) in [5.74, 6) is 0.138. The lowest BCUT2D eigenvalue weighted by Crippen LogP contribution is -2.30. The molecule has 0 radical (unpaired) electrons. The number of halogens is 1. The zero-order chi connectivity index (χ0) is 19.9. The Balaban J connectivity index is 1.79. The first-order valence-corrected chi connectivity index (χ1v) is 9.62. The molecule has 1 aromatic carbocycles. The van der Waals surface area contributed by atoms with Crippen molar-refractivity contribution in [2.24, 2.45) is 0 Å². The Morgan fingerprint density at radius 2 is 1.82 bits per heavy atom. The Morgan fingerprint density at radius 1 is 1.14 bits per heavy atom. The minimum Gasteiger partial charge on any atom is -0.352 e. The summed E-state index contributed by atoms with van der Waals surface area (Å²) in [7, 11) is 0. The predicted molar refractivity (Wildman–Crippen MR) is 108 cm³/mol. The number of nitrogens with zero attached hydrogens (tertiary/aromatic N) is 4. The second-order valence-corrected chi connectivity index (χ2v) is 6.50. The van der Waals surface area contributed by atoms with E-state index in [4.69, 9.17) is 0 Å². The smallest absolute Gasteiger partial charge is 0.256 e. The van der Waals surface area contributed by atoms with Crippen molar-refractivity contribution < 1.29 is 9.18 Å². The molecule has 0 saturated carbocycles. The maximum absolute atomic E-state index is 13.3. The third-order valence-corrected chi connectivity index (χ3v) is 4.74. The molecule has 3 aromatic rings.